The van der Waals surface area contributed by atoms with Crippen LogP contribution in [0.1, 0.15) is 18.3 Å². The van der Waals surface area contributed by atoms with Gasteiger partial charge in [-0.25, -0.2) is 8.42 Å². The summed E-state index contributed by atoms with van der Waals surface area (Å²) in [6.45, 7) is 3.96. The molecule has 1 unspecified atom stereocenters. The number of nitrogens with one attached hydrogen (secondary N) is 2. The summed E-state index contributed by atoms with van der Waals surface area (Å²) in [5, 5.41) is 7.07. The van der Waals surface area contributed by atoms with Crippen LogP contribution in [-0.4, -0.2) is 31.6 Å². The van der Waals surface area contributed by atoms with Gasteiger partial charge in [0.2, 0.25) is 0 Å². The third-order valence-electron chi connectivity index (χ3n) is 4.14. The van der Waals surface area contributed by atoms with Crippen LogP contribution in [0.2, 0.25) is 0 Å². The van der Waals surface area contributed by atoms with Gasteiger partial charge in [-0.15, -0.1) is 12.4 Å². The van der Waals surface area contributed by atoms with Gasteiger partial charge in [-0.2, -0.15) is 4.98 Å². The van der Waals surface area contributed by atoms with Gasteiger partial charge in [-0.3, -0.25) is 4.72 Å². The Labute approximate surface area is 171 Å². The van der Waals surface area contributed by atoms with Gasteiger partial charge >= 0.3 is 0 Å². The second kappa shape index (κ2) is 9.18. The average Bonchev–Trinajstić information content (AvgIpc) is 3.12. The zero-order chi connectivity index (χ0) is 19.4. The molecule has 0 aliphatic rings. The quantitative estimate of drug-likeness (QED) is 0.605. The van der Waals surface area contributed by atoms with Crippen molar-refractivity contribution in [2.24, 2.45) is 0 Å². The first-order valence-electron chi connectivity index (χ1n) is 8.57. The van der Waals surface area contributed by atoms with Crippen molar-refractivity contribution in [1.29, 1.82) is 0 Å². The van der Waals surface area contributed by atoms with Gasteiger partial charge in [0.15, 0.2) is 5.82 Å². The van der Waals surface area contributed by atoms with Gasteiger partial charge in [0.25, 0.3) is 15.9 Å². The molecule has 0 aliphatic heterocycles. The number of sulfonamides is 1. The molecule has 0 spiro atoms. The summed E-state index contributed by atoms with van der Waals surface area (Å²) >= 11 is 0. The maximum absolute atomic E-state index is 12.7. The summed E-state index contributed by atoms with van der Waals surface area (Å²) in [6.07, 6.45) is 0.618. The fraction of sp³-hybridized carbons (Fsp3) is 0.263. The van der Waals surface area contributed by atoms with Crippen LogP contribution in [0.15, 0.2) is 57.9 Å². The molecule has 0 bridgehead atoms. The highest BCUT2D eigenvalue weighted by atomic mass is 35.5. The molecule has 150 valence electrons. The Hall–Kier alpha value is -2.42. The van der Waals surface area contributed by atoms with E-state index in [0.29, 0.717) is 29.4 Å². The fourth-order valence-corrected chi connectivity index (χ4v) is 3.57. The van der Waals surface area contributed by atoms with Crippen molar-refractivity contribution in [2.75, 3.05) is 11.8 Å². The summed E-state index contributed by atoms with van der Waals surface area (Å²) < 4.78 is 33.2. The van der Waals surface area contributed by atoms with E-state index in [1.807, 2.05) is 33.0 Å². The van der Waals surface area contributed by atoms with Crippen LogP contribution in [0.3, 0.4) is 0 Å². The standard InChI is InChI=1S/C19H22N4O3S.ClH/c1-13-7-9-16(10-8-13)23-27(24,25)17-6-4-5-15(12-17)19-21-18(22-26-19)11-14(2)20-3;/h4-10,12,14,20,23H,11H2,1-3H3;1H. The molecule has 2 N–H and O–H groups in total. The average molecular weight is 423 g/mol. The number of rotatable bonds is 7. The second-order valence-corrected chi connectivity index (χ2v) is 8.09. The second-order valence-electron chi connectivity index (χ2n) is 6.41. The van der Waals surface area contributed by atoms with Gasteiger partial charge in [-0.1, -0.05) is 28.9 Å². The van der Waals surface area contributed by atoms with E-state index >= 15 is 0 Å². The van der Waals surface area contributed by atoms with Crippen LogP contribution >= 0.6 is 12.4 Å². The highest BCUT2D eigenvalue weighted by Crippen LogP contribution is 2.23. The molecule has 3 aromatic rings. The van der Waals surface area contributed by atoms with E-state index in [1.54, 1.807) is 24.3 Å². The Bertz CT molecular complexity index is 1020. The highest BCUT2D eigenvalue weighted by molar-refractivity contribution is 7.92. The number of anilines is 1. The van der Waals surface area contributed by atoms with Crippen LogP contribution in [0, 0.1) is 6.92 Å². The van der Waals surface area contributed by atoms with Crippen molar-refractivity contribution in [2.45, 2.75) is 31.2 Å². The van der Waals surface area contributed by atoms with E-state index < -0.39 is 10.0 Å². The molecule has 9 heteroatoms. The van der Waals surface area contributed by atoms with E-state index in [-0.39, 0.29) is 23.3 Å². The largest absolute Gasteiger partial charge is 0.334 e. The first kappa shape index (κ1) is 21.9. The fourth-order valence-electron chi connectivity index (χ4n) is 2.46. The minimum absolute atomic E-state index is 0. The monoisotopic (exact) mass is 422 g/mol. The molecule has 0 fully saturated rings. The molecule has 1 heterocycles. The van der Waals surface area contributed by atoms with Crippen LogP contribution in [-0.2, 0) is 16.4 Å². The topological polar surface area (TPSA) is 97.1 Å². The number of aromatic nitrogens is 2. The summed E-state index contributed by atoms with van der Waals surface area (Å²) in [7, 11) is -1.86. The number of hydrogen-bond donors (Lipinski definition) is 2. The van der Waals surface area contributed by atoms with Crippen LogP contribution < -0.4 is 10.0 Å². The SMILES string of the molecule is CNC(C)Cc1noc(-c2cccc(S(=O)(=O)Nc3ccc(C)cc3)c2)n1.Cl. The normalized spacial score (nSPS) is 12.2. The maximum Gasteiger partial charge on any atom is 0.261 e. The molecule has 0 radical (unpaired) electrons. The minimum Gasteiger partial charge on any atom is -0.334 e. The Morgan fingerprint density at radius 2 is 1.86 bits per heavy atom. The van der Waals surface area contributed by atoms with Gasteiger partial charge in [0.1, 0.15) is 0 Å². The molecule has 0 aliphatic carbocycles. The Balaban J connectivity index is 0.00000280. The molecular weight excluding hydrogens is 400 g/mol. The predicted molar refractivity (Wildman–Crippen MR) is 111 cm³/mol. The first-order chi connectivity index (χ1) is 12.9. The Morgan fingerprint density at radius 3 is 2.54 bits per heavy atom. The van der Waals surface area contributed by atoms with Gasteiger partial charge in [0, 0.05) is 23.7 Å². The van der Waals surface area contributed by atoms with Crippen LogP contribution in [0.5, 0.6) is 0 Å². The summed E-state index contributed by atoms with van der Waals surface area (Å²) in [4.78, 5) is 4.48. The summed E-state index contributed by atoms with van der Waals surface area (Å²) in [5.41, 5.74) is 2.12. The Kier molecular flexibility index (Phi) is 7.17. The number of nitrogens with zero attached hydrogens (tertiary/aromatic N) is 2. The molecule has 0 saturated heterocycles. The van der Waals surface area contributed by atoms with Crippen molar-refractivity contribution in [3.63, 3.8) is 0 Å². The molecule has 7 nitrogen and oxygen atoms in total. The van der Waals surface area contributed by atoms with E-state index in [0.717, 1.165) is 5.56 Å². The lowest BCUT2D eigenvalue weighted by molar-refractivity contribution is 0.418. The zero-order valence-electron chi connectivity index (χ0n) is 15.8. The molecular formula is C19H23ClN4O3S. The van der Waals surface area contributed by atoms with Crippen molar-refractivity contribution in [3.8, 4) is 11.5 Å². The number of benzene rings is 2. The molecule has 28 heavy (non-hydrogen) atoms. The van der Waals surface area contributed by atoms with Crippen LogP contribution in [0.4, 0.5) is 5.69 Å². The minimum atomic E-state index is -3.72. The predicted octanol–water partition coefficient (Wildman–Crippen LogP) is 3.42. The molecule has 0 saturated carbocycles. The lowest BCUT2D eigenvalue weighted by atomic mass is 10.2. The molecule has 1 atom stereocenters. The van der Waals surface area contributed by atoms with E-state index in [2.05, 4.69) is 20.2 Å². The van der Waals surface area contributed by atoms with Crippen LogP contribution in [0.25, 0.3) is 11.5 Å². The molecule has 0 amide bonds. The molecule has 2 aromatic carbocycles. The third kappa shape index (κ3) is 5.31. The summed E-state index contributed by atoms with van der Waals surface area (Å²) in [6, 6.07) is 13.8. The van der Waals surface area contributed by atoms with Gasteiger partial charge < -0.3 is 9.84 Å². The van der Waals surface area contributed by atoms with Gasteiger partial charge in [-0.05, 0) is 51.2 Å². The van der Waals surface area contributed by atoms with Crippen molar-refractivity contribution < 1.29 is 12.9 Å². The number of likely N-dealkylation sites (N-methyl/N-ethyl adjacent to an activating group) is 1. The number of halogens is 1. The van der Waals surface area contributed by atoms with E-state index in [1.165, 1.54) is 12.1 Å². The first-order valence-corrected chi connectivity index (χ1v) is 10.1. The molecule has 3 rings (SSSR count). The number of aryl methyl sites for hydroxylation is 1. The lowest BCUT2D eigenvalue weighted by Gasteiger charge is -2.09. The van der Waals surface area contributed by atoms with Crippen molar-refractivity contribution in [1.82, 2.24) is 15.5 Å². The smallest absolute Gasteiger partial charge is 0.261 e. The molecule has 1 aromatic heterocycles. The van der Waals surface area contributed by atoms with Crippen molar-refractivity contribution in [3.05, 3.63) is 59.9 Å². The number of hydrogen-bond acceptors (Lipinski definition) is 6. The lowest BCUT2D eigenvalue weighted by Crippen LogP contribution is -2.24. The maximum atomic E-state index is 12.7. The van der Waals surface area contributed by atoms with Crippen molar-refractivity contribution >= 4 is 28.1 Å². The van der Waals surface area contributed by atoms with E-state index in [4.69, 9.17) is 4.52 Å². The highest BCUT2D eigenvalue weighted by Gasteiger charge is 2.17. The van der Waals surface area contributed by atoms with E-state index in [9.17, 15) is 8.42 Å². The Morgan fingerprint density at radius 1 is 1.14 bits per heavy atom. The third-order valence-corrected chi connectivity index (χ3v) is 5.52. The summed E-state index contributed by atoms with van der Waals surface area (Å²) in [5.74, 6) is 0.860. The van der Waals surface area contributed by atoms with Gasteiger partial charge in [0.05, 0.1) is 4.90 Å². The zero-order valence-corrected chi connectivity index (χ0v) is 17.5.